The maximum Gasteiger partial charge on any atom is 0.333 e. The van der Waals surface area contributed by atoms with Crippen LogP contribution >= 0.6 is 11.6 Å². The molecule has 0 aliphatic heterocycles. The molecular weight excluding hydrogens is 500 g/mol. The summed E-state index contributed by atoms with van der Waals surface area (Å²) in [7, 11) is 0. The normalized spacial score (nSPS) is 11.5. The second-order valence-electron chi connectivity index (χ2n) is 8.95. The second-order valence-corrected chi connectivity index (χ2v) is 9.36. The Hall–Kier alpha value is -5.01. The van der Waals surface area contributed by atoms with E-state index in [4.69, 9.17) is 16.1 Å². The lowest BCUT2D eigenvalue weighted by Gasteiger charge is -2.14. The Morgan fingerprint density at radius 1 is 0.789 bits per heavy atom. The van der Waals surface area contributed by atoms with Gasteiger partial charge in [0.2, 0.25) is 0 Å². The van der Waals surface area contributed by atoms with Gasteiger partial charge in [-0.25, -0.2) is 9.36 Å². The standard InChI is InChI=1S/C30H17ClN4O3/c31-24-7-3-6-22(17-9-11-27-20(12-17)15-33-38-27)28(24)18-8-10-23-25(13-18)34-30(37)35(29(23)36)26-16-32-14-19-4-1-2-5-21(19)26/h1-16H,(H,34,37). The van der Waals surface area contributed by atoms with Crippen LogP contribution in [0.15, 0.2) is 112 Å². The molecule has 1 N–H and O–H groups in total. The molecule has 0 saturated heterocycles. The van der Waals surface area contributed by atoms with E-state index in [0.717, 1.165) is 43.0 Å². The molecule has 0 atom stereocenters. The molecule has 0 aliphatic rings. The molecule has 4 aromatic carbocycles. The van der Waals surface area contributed by atoms with Crippen LogP contribution in [0.4, 0.5) is 0 Å². The molecule has 7 aromatic rings. The summed E-state index contributed by atoms with van der Waals surface area (Å²) in [4.78, 5) is 33.9. The number of pyridine rings is 1. The molecule has 0 bridgehead atoms. The van der Waals surface area contributed by atoms with E-state index >= 15 is 0 Å². The van der Waals surface area contributed by atoms with Gasteiger partial charge in [0.25, 0.3) is 5.56 Å². The highest BCUT2D eigenvalue weighted by Gasteiger charge is 2.16. The number of rotatable bonds is 3. The van der Waals surface area contributed by atoms with Crippen LogP contribution in [-0.4, -0.2) is 19.7 Å². The van der Waals surface area contributed by atoms with Gasteiger partial charge in [-0.1, -0.05) is 65.3 Å². The summed E-state index contributed by atoms with van der Waals surface area (Å²) in [6.07, 6.45) is 4.90. The smallest absolute Gasteiger partial charge is 0.333 e. The lowest BCUT2D eigenvalue weighted by atomic mass is 9.93. The van der Waals surface area contributed by atoms with E-state index in [9.17, 15) is 9.59 Å². The van der Waals surface area contributed by atoms with Crippen molar-refractivity contribution in [3.05, 3.63) is 123 Å². The second kappa shape index (κ2) is 8.54. The predicted octanol–water partition coefficient (Wildman–Crippen LogP) is 6.36. The minimum Gasteiger partial charge on any atom is -0.356 e. The van der Waals surface area contributed by atoms with E-state index in [0.29, 0.717) is 27.2 Å². The van der Waals surface area contributed by atoms with Crippen molar-refractivity contribution in [3.8, 4) is 27.9 Å². The predicted molar refractivity (Wildman–Crippen MR) is 149 cm³/mol. The molecule has 182 valence electrons. The summed E-state index contributed by atoms with van der Waals surface area (Å²) in [5, 5.41) is 7.25. The highest BCUT2D eigenvalue weighted by atomic mass is 35.5. The maximum absolute atomic E-state index is 13.6. The van der Waals surface area contributed by atoms with Crippen LogP contribution in [0.1, 0.15) is 0 Å². The van der Waals surface area contributed by atoms with Gasteiger partial charge >= 0.3 is 5.69 Å². The Labute approximate surface area is 219 Å². The highest BCUT2D eigenvalue weighted by Crippen LogP contribution is 2.39. The molecule has 0 aliphatic carbocycles. The zero-order valence-electron chi connectivity index (χ0n) is 19.7. The zero-order chi connectivity index (χ0) is 25.8. The van der Waals surface area contributed by atoms with Crippen LogP contribution in [0, 0.1) is 0 Å². The third-order valence-corrected chi connectivity index (χ3v) is 7.07. The van der Waals surface area contributed by atoms with Crippen LogP contribution in [0.25, 0.3) is 60.6 Å². The van der Waals surface area contributed by atoms with Crippen molar-refractivity contribution in [2.75, 3.05) is 0 Å². The van der Waals surface area contributed by atoms with E-state index in [-0.39, 0.29) is 0 Å². The quantitative estimate of drug-likeness (QED) is 0.295. The largest absolute Gasteiger partial charge is 0.356 e. The van der Waals surface area contributed by atoms with Crippen LogP contribution in [0.5, 0.6) is 0 Å². The number of fused-ring (bicyclic) bond motifs is 3. The van der Waals surface area contributed by atoms with Crippen molar-refractivity contribution in [2.24, 2.45) is 0 Å². The highest BCUT2D eigenvalue weighted by molar-refractivity contribution is 6.34. The Morgan fingerprint density at radius 2 is 1.66 bits per heavy atom. The number of H-pyrrole nitrogens is 1. The SMILES string of the molecule is O=c1[nH]c2cc(-c3c(Cl)cccc3-c3ccc4oncc4c3)ccc2c(=O)n1-c1cncc2ccccc12. The van der Waals surface area contributed by atoms with Gasteiger partial charge in [0.1, 0.15) is 0 Å². The average molecular weight is 517 g/mol. The molecule has 38 heavy (non-hydrogen) atoms. The van der Waals surface area contributed by atoms with Crippen molar-refractivity contribution in [1.29, 1.82) is 0 Å². The average Bonchev–Trinajstić information content (AvgIpc) is 3.41. The Kier molecular flexibility index (Phi) is 4.99. The number of benzene rings is 4. The van der Waals surface area contributed by atoms with Gasteiger partial charge in [0, 0.05) is 32.9 Å². The fraction of sp³-hybridized carbons (Fsp3) is 0. The van der Waals surface area contributed by atoms with Crippen molar-refractivity contribution < 1.29 is 4.52 Å². The number of nitrogens with one attached hydrogen (secondary N) is 1. The first kappa shape index (κ1) is 22.2. The van der Waals surface area contributed by atoms with Crippen molar-refractivity contribution in [1.82, 2.24) is 19.7 Å². The van der Waals surface area contributed by atoms with Gasteiger partial charge in [-0.2, -0.15) is 0 Å². The van der Waals surface area contributed by atoms with E-state index in [1.807, 2.05) is 66.7 Å². The van der Waals surface area contributed by atoms with Crippen LogP contribution in [0.3, 0.4) is 0 Å². The zero-order valence-corrected chi connectivity index (χ0v) is 20.4. The topological polar surface area (TPSA) is 93.8 Å². The van der Waals surface area contributed by atoms with Crippen LogP contribution in [0.2, 0.25) is 5.02 Å². The minimum atomic E-state index is -0.546. The van der Waals surface area contributed by atoms with E-state index in [1.165, 1.54) is 6.20 Å². The molecule has 0 fully saturated rings. The van der Waals surface area contributed by atoms with Crippen molar-refractivity contribution in [3.63, 3.8) is 0 Å². The first-order valence-corrected chi connectivity index (χ1v) is 12.2. The summed E-state index contributed by atoms with van der Waals surface area (Å²) < 4.78 is 6.37. The number of aromatic amines is 1. The fourth-order valence-electron chi connectivity index (χ4n) is 4.97. The maximum atomic E-state index is 13.6. The molecule has 0 amide bonds. The van der Waals surface area contributed by atoms with E-state index in [2.05, 4.69) is 15.1 Å². The van der Waals surface area contributed by atoms with Crippen molar-refractivity contribution >= 4 is 44.2 Å². The first-order valence-electron chi connectivity index (χ1n) is 11.8. The molecule has 0 spiro atoms. The van der Waals surface area contributed by atoms with Crippen molar-refractivity contribution in [2.45, 2.75) is 0 Å². The Bertz CT molecular complexity index is 2150. The summed E-state index contributed by atoms with van der Waals surface area (Å²) in [6.45, 7) is 0. The van der Waals surface area contributed by atoms with Gasteiger partial charge in [-0.3, -0.25) is 9.78 Å². The molecule has 7 rings (SSSR count). The summed E-state index contributed by atoms with van der Waals surface area (Å²) >= 11 is 6.71. The molecule has 0 unspecified atom stereocenters. The number of nitrogens with zero attached hydrogens (tertiary/aromatic N) is 3. The number of hydrogen-bond donors (Lipinski definition) is 1. The third kappa shape index (κ3) is 3.44. The fourth-order valence-corrected chi connectivity index (χ4v) is 5.25. The van der Waals surface area contributed by atoms with Gasteiger partial charge in [-0.15, -0.1) is 0 Å². The van der Waals surface area contributed by atoms with Gasteiger partial charge in [0.05, 0.1) is 29.0 Å². The molecule has 7 nitrogen and oxygen atoms in total. The Morgan fingerprint density at radius 3 is 2.58 bits per heavy atom. The number of hydrogen-bond acceptors (Lipinski definition) is 5. The molecule has 0 saturated carbocycles. The van der Waals surface area contributed by atoms with E-state index in [1.54, 1.807) is 24.5 Å². The first-order chi connectivity index (χ1) is 18.6. The summed E-state index contributed by atoms with van der Waals surface area (Å²) in [5.41, 5.74) is 3.96. The number of aromatic nitrogens is 4. The van der Waals surface area contributed by atoms with Gasteiger partial charge in [-0.05, 0) is 47.0 Å². The molecule has 0 radical (unpaired) electrons. The Balaban J connectivity index is 1.42. The molecular formula is C30H17ClN4O3. The van der Waals surface area contributed by atoms with Crippen LogP contribution in [-0.2, 0) is 0 Å². The monoisotopic (exact) mass is 516 g/mol. The summed E-state index contributed by atoms with van der Waals surface area (Å²) in [6, 6.07) is 24.3. The molecule has 3 aromatic heterocycles. The van der Waals surface area contributed by atoms with Crippen LogP contribution < -0.4 is 11.2 Å². The third-order valence-electron chi connectivity index (χ3n) is 6.75. The molecule has 3 heterocycles. The molecule has 8 heteroatoms. The summed E-state index contributed by atoms with van der Waals surface area (Å²) in [5.74, 6) is 0. The lowest BCUT2D eigenvalue weighted by Crippen LogP contribution is -2.33. The number of halogens is 1. The van der Waals surface area contributed by atoms with Gasteiger partial charge < -0.3 is 9.51 Å². The van der Waals surface area contributed by atoms with Gasteiger partial charge in [0.15, 0.2) is 5.58 Å². The van der Waals surface area contributed by atoms with E-state index < -0.39 is 11.2 Å². The minimum absolute atomic E-state index is 0.376. The lowest BCUT2D eigenvalue weighted by molar-refractivity contribution is 0.456.